The van der Waals surface area contributed by atoms with Crippen LogP contribution in [-0.4, -0.2) is 11.1 Å². The smallest absolute Gasteiger partial charge is 0.335 e. The zero-order chi connectivity index (χ0) is 10.0. The van der Waals surface area contributed by atoms with Gasteiger partial charge >= 0.3 is 5.97 Å². The van der Waals surface area contributed by atoms with E-state index in [2.05, 4.69) is 12.6 Å². The zero-order valence-corrected chi connectivity index (χ0v) is 7.93. The third-order valence-corrected chi connectivity index (χ3v) is 2.31. The van der Waals surface area contributed by atoms with Crippen LogP contribution in [0.2, 0.25) is 5.02 Å². The number of carbonyl (C=O) groups is 1. The van der Waals surface area contributed by atoms with E-state index in [4.69, 9.17) is 22.0 Å². The Morgan fingerprint density at radius 3 is 2.69 bits per heavy atom. The van der Waals surface area contributed by atoms with Crippen molar-refractivity contribution in [3.05, 3.63) is 28.3 Å². The number of rotatable bonds is 1. The van der Waals surface area contributed by atoms with Gasteiger partial charge in [-0.2, -0.15) is 5.26 Å². The van der Waals surface area contributed by atoms with Crippen LogP contribution in [0.3, 0.4) is 0 Å². The Balaban J connectivity index is 3.41. The predicted octanol–water partition coefficient (Wildman–Crippen LogP) is 2.20. The second-order valence-electron chi connectivity index (χ2n) is 2.27. The first kappa shape index (κ1) is 9.90. The van der Waals surface area contributed by atoms with Crippen molar-refractivity contribution in [2.75, 3.05) is 0 Å². The predicted molar refractivity (Wildman–Crippen MR) is 50.4 cm³/mol. The van der Waals surface area contributed by atoms with Crippen LogP contribution < -0.4 is 0 Å². The average molecular weight is 214 g/mol. The fourth-order valence-corrected chi connectivity index (χ4v) is 1.22. The first-order valence-corrected chi connectivity index (χ1v) is 4.04. The van der Waals surface area contributed by atoms with Crippen molar-refractivity contribution in [2.24, 2.45) is 0 Å². The molecule has 0 spiro atoms. The summed E-state index contributed by atoms with van der Waals surface area (Å²) in [4.78, 5) is 10.8. The third-order valence-electron chi connectivity index (χ3n) is 1.42. The maximum Gasteiger partial charge on any atom is 0.335 e. The second-order valence-corrected chi connectivity index (χ2v) is 3.13. The lowest BCUT2D eigenvalue weighted by atomic mass is 10.1. The molecule has 0 radical (unpaired) electrons. The number of hydrogen-bond donors (Lipinski definition) is 2. The van der Waals surface area contributed by atoms with Crippen molar-refractivity contribution in [1.29, 1.82) is 5.26 Å². The lowest BCUT2D eigenvalue weighted by Crippen LogP contribution is -1.97. The first-order chi connectivity index (χ1) is 6.06. The summed E-state index contributed by atoms with van der Waals surface area (Å²) in [5.41, 5.74) is 0.123. The van der Waals surface area contributed by atoms with Gasteiger partial charge in [0.2, 0.25) is 0 Å². The maximum atomic E-state index is 10.5. The van der Waals surface area contributed by atoms with Gasteiger partial charge in [0, 0.05) is 4.90 Å². The molecule has 0 atom stereocenters. The number of halogens is 1. The van der Waals surface area contributed by atoms with Crippen molar-refractivity contribution in [3.63, 3.8) is 0 Å². The van der Waals surface area contributed by atoms with Crippen molar-refractivity contribution in [1.82, 2.24) is 0 Å². The quantitative estimate of drug-likeness (QED) is 0.703. The maximum absolute atomic E-state index is 10.5. The molecule has 1 N–H and O–H groups in total. The minimum absolute atomic E-state index is 0.00551. The number of carboxylic acid groups (broad SMARTS) is 1. The fraction of sp³-hybridized carbons (Fsp3) is 0. The van der Waals surface area contributed by atoms with Gasteiger partial charge in [-0.05, 0) is 12.1 Å². The zero-order valence-electron chi connectivity index (χ0n) is 6.28. The molecule has 0 aliphatic rings. The van der Waals surface area contributed by atoms with Crippen molar-refractivity contribution < 1.29 is 9.90 Å². The van der Waals surface area contributed by atoms with Gasteiger partial charge in [0.1, 0.15) is 6.07 Å². The van der Waals surface area contributed by atoms with E-state index in [0.29, 0.717) is 0 Å². The summed E-state index contributed by atoms with van der Waals surface area (Å²) >= 11 is 9.62. The van der Waals surface area contributed by atoms with Crippen molar-refractivity contribution in [3.8, 4) is 6.07 Å². The van der Waals surface area contributed by atoms with Gasteiger partial charge in [-0.3, -0.25) is 0 Å². The molecule has 13 heavy (non-hydrogen) atoms. The molecule has 1 aromatic carbocycles. The molecular weight excluding hydrogens is 210 g/mol. The van der Waals surface area contributed by atoms with E-state index in [9.17, 15) is 4.79 Å². The summed E-state index contributed by atoms with van der Waals surface area (Å²) in [7, 11) is 0. The normalized spacial score (nSPS) is 9.31. The summed E-state index contributed by atoms with van der Waals surface area (Å²) < 4.78 is 0. The highest BCUT2D eigenvalue weighted by Crippen LogP contribution is 2.25. The molecule has 1 aromatic rings. The third kappa shape index (κ3) is 1.94. The van der Waals surface area contributed by atoms with Crippen LogP contribution in [0.25, 0.3) is 0 Å². The Kier molecular flexibility index (Phi) is 2.81. The summed E-state index contributed by atoms with van der Waals surface area (Å²) in [6.45, 7) is 0. The van der Waals surface area contributed by atoms with Crippen LogP contribution in [0.5, 0.6) is 0 Å². The summed E-state index contributed by atoms with van der Waals surface area (Å²) in [6.07, 6.45) is 0. The molecule has 0 heterocycles. The molecule has 0 unspecified atom stereocenters. The monoisotopic (exact) mass is 213 g/mol. The largest absolute Gasteiger partial charge is 0.478 e. The molecule has 0 saturated heterocycles. The molecular formula is C8H4ClNO2S. The Bertz CT molecular complexity index is 411. The Hall–Kier alpha value is -1.18. The van der Waals surface area contributed by atoms with Crippen LogP contribution in [0.1, 0.15) is 15.9 Å². The Labute approximate surface area is 85.0 Å². The molecule has 0 aromatic heterocycles. The Morgan fingerprint density at radius 2 is 2.23 bits per heavy atom. The van der Waals surface area contributed by atoms with Crippen molar-refractivity contribution >= 4 is 30.2 Å². The highest BCUT2D eigenvalue weighted by Gasteiger charge is 2.10. The number of nitrogens with zero attached hydrogens (tertiary/aromatic N) is 1. The summed E-state index contributed by atoms with van der Waals surface area (Å²) in [5.74, 6) is -1.11. The van der Waals surface area contributed by atoms with Gasteiger partial charge < -0.3 is 5.11 Å². The topological polar surface area (TPSA) is 61.1 Å². The minimum Gasteiger partial charge on any atom is -0.478 e. The highest BCUT2D eigenvalue weighted by atomic mass is 35.5. The summed E-state index contributed by atoms with van der Waals surface area (Å²) in [5, 5.41) is 17.4. The summed E-state index contributed by atoms with van der Waals surface area (Å²) in [6, 6.07) is 4.30. The molecule has 0 bridgehead atoms. The molecule has 0 amide bonds. The average Bonchev–Trinajstić information content (AvgIpc) is 2.09. The standard InChI is InChI=1S/C8H4ClNO2S/c9-7-5(3-10)1-4(8(11)12)2-6(7)13/h1-2,13H,(H,11,12). The van der Waals surface area contributed by atoms with E-state index in [1.165, 1.54) is 12.1 Å². The van der Waals surface area contributed by atoms with Crippen molar-refractivity contribution in [2.45, 2.75) is 4.90 Å². The molecule has 5 heteroatoms. The number of aromatic carboxylic acids is 1. The first-order valence-electron chi connectivity index (χ1n) is 3.22. The van der Waals surface area contributed by atoms with Gasteiger partial charge in [-0.25, -0.2) is 4.79 Å². The van der Waals surface area contributed by atoms with E-state index < -0.39 is 5.97 Å². The number of carboxylic acids is 1. The number of nitriles is 1. The lowest BCUT2D eigenvalue weighted by molar-refractivity contribution is 0.0696. The van der Waals surface area contributed by atoms with E-state index in [1.54, 1.807) is 6.07 Å². The fourth-order valence-electron chi connectivity index (χ4n) is 0.814. The number of benzene rings is 1. The molecule has 0 saturated carbocycles. The number of thiol groups is 1. The highest BCUT2D eigenvalue weighted by molar-refractivity contribution is 7.80. The van der Waals surface area contributed by atoms with E-state index in [1.807, 2.05) is 0 Å². The number of hydrogen-bond acceptors (Lipinski definition) is 3. The molecule has 3 nitrogen and oxygen atoms in total. The molecule has 0 aliphatic carbocycles. The molecule has 1 rings (SSSR count). The van der Waals surface area contributed by atoms with Crippen LogP contribution >= 0.6 is 24.2 Å². The van der Waals surface area contributed by atoms with Gasteiger partial charge in [-0.1, -0.05) is 11.6 Å². The van der Waals surface area contributed by atoms with Gasteiger partial charge in [0.15, 0.2) is 0 Å². The van der Waals surface area contributed by atoms with Crippen LogP contribution in [0, 0.1) is 11.3 Å². The van der Waals surface area contributed by atoms with Crippen LogP contribution in [0.15, 0.2) is 17.0 Å². The molecule has 66 valence electrons. The van der Waals surface area contributed by atoms with Gasteiger partial charge in [0.25, 0.3) is 0 Å². The van der Waals surface area contributed by atoms with E-state index in [0.717, 1.165) is 0 Å². The van der Waals surface area contributed by atoms with Crippen LogP contribution in [0.4, 0.5) is 0 Å². The van der Waals surface area contributed by atoms with Crippen LogP contribution in [-0.2, 0) is 0 Å². The Morgan fingerprint density at radius 1 is 1.62 bits per heavy atom. The molecule has 0 aliphatic heterocycles. The lowest BCUT2D eigenvalue weighted by Gasteiger charge is -2.01. The SMILES string of the molecule is N#Cc1cc(C(=O)O)cc(S)c1Cl. The van der Waals surface area contributed by atoms with Gasteiger partial charge in [0.05, 0.1) is 16.1 Å². The van der Waals surface area contributed by atoms with E-state index >= 15 is 0 Å². The van der Waals surface area contributed by atoms with Gasteiger partial charge in [-0.15, -0.1) is 12.6 Å². The minimum atomic E-state index is -1.11. The van der Waals surface area contributed by atoms with E-state index in [-0.39, 0.29) is 21.0 Å². The second kappa shape index (κ2) is 3.69. The molecule has 0 fully saturated rings.